The molecule has 0 unspecified atom stereocenters. The fraction of sp³-hybridized carbons (Fsp3) is 1.00. The Morgan fingerprint density at radius 1 is 1.00 bits per heavy atom. The first-order valence-corrected chi connectivity index (χ1v) is 4.21. The lowest BCUT2D eigenvalue weighted by Crippen LogP contribution is -2.37. The molecule has 80 valence electrons. The molecule has 0 saturated heterocycles. The van der Waals surface area contributed by atoms with E-state index in [1.54, 1.807) is 4.90 Å². The summed E-state index contributed by atoms with van der Waals surface area (Å²) < 4.78 is 0. The summed E-state index contributed by atoms with van der Waals surface area (Å²) in [6.07, 6.45) is -2.61. The Morgan fingerprint density at radius 2 is 1.62 bits per heavy atom. The number of nitrogens with two attached hydrogens (primary N) is 1. The second-order valence-corrected chi connectivity index (χ2v) is 2.84. The fourth-order valence-corrected chi connectivity index (χ4v) is 1.01. The third-order valence-electron chi connectivity index (χ3n) is 1.57. The lowest BCUT2D eigenvalue weighted by atomic mass is 10.3. The van der Waals surface area contributed by atoms with Crippen molar-refractivity contribution < 1.29 is 20.4 Å². The molecule has 6 heteroatoms. The molecule has 0 aromatic heterocycles. The number of aliphatic hydroxyl groups is 4. The van der Waals surface area contributed by atoms with Crippen LogP contribution in [0.15, 0.2) is 0 Å². The molecule has 0 aliphatic rings. The van der Waals surface area contributed by atoms with E-state index < -0.39 is 12.6 Å². The highest BCUT2D eigenvalue weighted by Crippen LogP contribution is 1.95. The van der Waals surface area contributed by atoms with Crippen LogP contribution in [0.4, 0.5) is 0 Å². The van der Waals surface area contributed by atoms with Crippen molar-refractivity contribution in [2.75, 3.05) is 26.2 Å². The van der Waals surface area contributed by atoms with E-state index in [-0.39, 0.29) is 13.0 Å². The van der Waals surface area contributed by atoms with Gasteiger partial charge in [-0.15, -0.1) is 0 Å². The Bertz CT molecular complexity index is 121. The Morgan fingerprint density at radius 3 is 2.00 bits per heavy atom. The average molecular weight is 194 g/mol. The van der Waals surface area contributed by atoms with Gasteiger partial charge in [-0.05, 0) is 0 Å². The molecule has 13 heavy (non-hydrogen) atoms. The molecule has 0 saturated carbocycles. The van der Waals surface area contributed by atoms with Gasteiger partial charge in [-0.3, -0.25) is 4.90 Å². The molecule has 0 bridgehead atoms. The molecule has 0 spiro atoms. The number of hydrogen-bond acceptors (Lipinski definition) is 6. The minimum Gasteiger partial charge on any atom is -0.368 e. The van der Waals surface area contributed by atoms with Crippen LogP contribution in [0.1, 0.15) is 6.42 Å². The van der Waals surface area contributed by atoms with Crippen LogP contribution in [-0.2, 0) is 0 Å². The van der Waals surface area contributed by atoms with Crippen LogP contribution in [0.3, 0.4) is 0 Å². The summed E-state index contributed by atoms with van der Waals surface area (Å²) in [6, 6.07) is 0. The maximum absolute atomic E-state index is 8.66. The van der Waals surface area contributed by atoms with Crippen molar-refractivity contribution in [1.82, 2.24) is 4.90 Å². The van der Waals surface area contributed by atoms with Crippen LogP contribution < -0.4 is 5.73 Å². The van der Waals surface area contributed by atoms with Crippen LogP contribution in [0.25, 0.3) is 0 Å². The topological polar surface area (TPSA) is 110 Å². The molecule has 0 aliphatic heterocycles. The van der Waals surface area contributed by atoms with Crippen molar-refractivity contribution in [3.05, 3.63) is 0 Å². The lowest BCUT2D eigenvalue weighted by Gasteiger charge is -2.22. The molecule has 6 nitrogen and oxygen atoms in total. The maximum atomic E-state index is 8.66. The fourth-order valence-electron chi connectivity index (χ4n) is 1.01. The summed E-state index contributed by atoms with van der Waals surface area (Å²) >= 11 is 0. The molecule has 0 atom stereocenters. The number of nitrogens with zero attached hydrogens (tertiary/aromatic N) is 1. The van der Waals surface area contributed by atoms with E-state index in [0.29, 0.717) is 19.6 Å². The highest BCUT2D eigenvalue weighted by molar-refractivity contribution is 4.59. The van der Waals surface area contributed by atoms with E-state index in [4.69, 9.17) is 26.2 Å². The van der Waals surface area contributed by atoms with Crippen LogP contribution in [-0.4, -0.2) is 64.1 Å². The van der Waals surface area contributed by atoms with Gasteiger partial charge < -0.3 is 26.2 Å². The molecule has 0 radical (unpaired) electrons. The first kappa shape index (κ1) is 12.8. The van der Waals surface area contributed by atoms with E-state index in [0.717, 1.165) is 0 Å². The van der Waals surface area contributed by atoms with Gasteiger partial charge in [0, 0.05) is 32.6 Å². The molecule has 0 aliphatic carbocycles. The van der Waals surface area contributed by atoms with Gasteiger partial charge in [0.05, 0.1) is 0 Å². The van der Waals surface area contributed by atoms with E-state index >= 15 is 0 Å². The number of aliphatic hydroxyl groups excluding tert-OH is 2. The minimum atomic E-state index is -1.41. The van der Waals surface area contributed by atoms with E-state index in [1.807, 2.05) is 0 Å². The van der Waals surface area contributed by atoms with Gasteiger partial charge in [0.25, 0.3) is 0 Å². The zero-order chi connectivity index (χ0) is 10.3. The SMILES string of the molecule is NCCN(CCC(O)O)CC(O)O. The summed E-state index contributed by atoms with van der Waals surface area (Å²) in [5, 5.41) is 34.5. The third kappa shape index (κ3) is 8.10. The minimum absolute atomic E-state index is 0.0733. The molecule has 0 aromatic rings. The monoisotopic (exact) mass is 194 g/mol. The van der Waals surface area contributed by atoms with E-state index in [1.165, 1.54) is 0 Å². The summed E-state index contributed by atoms with van der Waals surface area (Å²) in [6.45, 7) is 1.36. The van der Waals surface area contributed by atoms with Crippen LogP contribution in [0.5, 0.6) is 0 Å². The normalized spacial score (nSPS) is 12.0. The first-order valence-electron chi connectivity index (χ1n) is 4.21. The van der Waals surface area contributed by atoms with Crippen molar-refractivity contribution in [2.45, 2.75) is 19.0 Å². The van der Waals surface area contributed by atoms with Gasteiger partial charge in [-0.1, -0.05) is 0 Å². The van der Waals surface area contributed by atoms with Crippen LogP contribution in [0.2, 0.25) is 0 Å². The third-order valence-corrected chi connectivity index (χ3v) is 1.57. The molecule has 6 N–H and O–H groups in total. The van der Waals surface area contributed by atoms with Gasteiger partial charge >= 0.3 is 0 Å². The summed E-state index contributed by atoms with van der Waals surface area (Å²) in [4.78, 5) is 1.66. The smallest absolute Gasteiger partial charge is 0.164 e. The lowest BCUT2D eigenvalue weighted by molar-refractivity contribution is -0.0748. The van der Waals surface area contributed by atoms with Gasteiger partial charge in [0.1, 0.15) is 0 Å². The standard InChI is InChI=1S/C7H18N2O4/c8-2-4-9(5-7(12)13)3-1-6(10)11/h6-7,10-13H,1-5,8H2. The summed E-state index contributed by atoms with van der Waals surface area (Å²) in [5.74, 6) is 0. The molecule has 0 fully saturated rings. The molecule has 0 aromatic carbocycles. The van der Waals surface area contributed by atoms with Crippen LogP contribution >= 0.6 is 0 Å². The summed E-state index contributed by atoms with van der Waals surface area (Å²) in [5.41, 5.74) is 5.28. The number of hydrogen-bond donors (Lipinski definition) is 5. The van der Waals surface area contributed by atoms with E-state index in [9.17, 15) is 0 Å². The van der Waals surface area contributed by atoms with Crippen molar-refractivity contribution in [3.8, 4) is 0 Å². The second-order valence-electron chi connectivity index (χ2n) is 2.84. The Balaban J connectivity index is 3.66. The molecular formula is C7H18N2O4. The quantitative estimate of drug-likeness (QED) is 0.281. The molecular weight excluding hydrogens is 176 g/mol. The van der Waals surface area contributed by atoms with Crippen molar-refractivity contribution in [1.29, 1.82) is 0 Å². The number of rotatable bonds is 7. The Kier molecular flexibility index (Phi) is 7.06. The Hall–Kier alpha value is -0.240. The van der Waals surface area contributed by atoms with Crippen LogP contribution in [0, 0.1) is 0 Å². The highest BCUT2D eigenvalue weighted by Gasteiger charge is 2.09. The molecule has 0 rings (SSSR count). The van der Waals surface area contributed by atoms with Gasteiger partial charge in [-0.25, -0.2) is 0 Å². The summed E-state index contributed by atoms with van der Waals surface area (Å²) in [7, 11) is 0. The van der Waals surface area contributed by atoms with Crippen molar-refractivity contribution in [2.24, 2.45) is 5.73 Å². The average Bonchev–Trinajstić information content (AvgIpc) is 1.99. The molecule has 0 heterocycles. The first-order chi connectivity index (χ1) is 6.06. The van der Waals surface area contributed by atoms with Crippen molar-refractivity contribution in [3.63, 3.8) is 0 Å². The highest BCUT2D eigenvalue weighted by atomic mass is 16.5. The second kappa shape index (κ2) is 7.19. The zero-order valence-corrected chi connectivity index (χ0v) is 7.50. The van der Waals surface area contributed by atoms with Gasteiger partial charge in [0.2, 0.25) is 0 Å². The van der Waals surface area contributed by atoms with Gasteiger partial charge in [-0.2, -0.15) is 0 Å². The van der Waals surface area contributed by atoms with E-state index in [2.05, 4.69) is 0 Å². The molecule has 0 amide bonds. The largest absolute Gasteiger partial charge is 0.368 e. The maximum Gasteiger partial charge on any atom is 0.164 e. The Labute approximate surface area is 77.2 Å². The zero-order valence-electron chi connectivity index (χ0n) is 7.50. The van der Waals surface area contributed by atoms with Crippen molar-refractivity contribution >= 4 is 0 Å². The predicted octanol–water partition coefficient (Wildman–Crippen LogP) is -2.74. The van der Waals surface area contributed by atoms with Gasteiger partial charge in [0.15, 0.2) is 12.6 Å². The predicted molar refractivity (Wildman–Crippen MR) is 46.6 cm³/mol.